The van der Waals surface area contributed by atoms with Crippen molar-refractivity contribution >= 4 is 16.8 Å². The second-order valence-electron chi connectivity index (χ2n) is 5.24. The van der Waals surface area contributed by atoms with E-state index >= 15 is 0 Å². The number of aryl methyl sites for hydroxylation is 1. The van der Waals surface area contributed by atoms with E-state index in [0.717, 1.165) is 16.6 Å². The molecule has 0 saturated carbocycles. The van der Waals surface area contributed by atoms with Crippen LogP contribution in [0.15, 0.2) is 24.3 Å². The predicted molar refractivity (Wildman–Crippen MR) is 74.7 cm³/mol. The number of benzene rings is 1. The third kappa shape index (κ3) is 1.62. The van der Waals surface area contributed by atoms with Crippen LogP contribution < -0.4 is 5.32 Å². The number of aromatic nitrogens is 1. The van der Waals surface area contributed by atoms with Gasteiger partial charge in [-0.1, -0.05) is 18.2 Å². The molecule has 1 amide bonds. The topological polar surface area (TPSA) is 34.0 Å². The lowest BCUT2D eigenvalue weighted by atomic mass is 9.82. The Morgan fingerprint density at radius 3 is 2.50 bits per heavy atom. The molecule has 1 N–H and O–H groups in total. The fraction of sp³-hybridized carbons (Fsp3) is 0.400. The molecule has 0 aliphatic carbocycles. The highest BCUT2D eigenvalue weighted by Crippen LogP contribution is 2.35. The summed E-state index contributed by atoms with van der Waals surface area (Å²) in [5, 5.41) is 3.92. The highest BCUT2D eigenvalue weighted by Gasteiger charge is 2.33. The van der Waals surface area contributed by atoms with Gasteiger partial charge in [-0.2, -0.15) is 0 Å². The summed E-state index contributed by atoms with van der Waals surface area (Å²) in [7, 11) is 3.73. The summed E-state index contributed by atoms with van der Waals surface area (Å²) in [5.41, 5.74) is 2.89. The van der Waals surface area contributed by atoms with E-state index in [4.69, 9.17) is 0 Å². The Hall–Kier alpha value is -1.77. The molecule has 3 heteroatoms. The van der Waals surface area contributed by atoms with Gasteiger partial charge < -0.3 is 9.88 Å². The Bertz CT molecular complexity index is 608. The molecule has 0 fully saturated rings. The molecule has 0 bridgehead atoms. The van der Waals surface area contributed by atoms with Gasteiger partial charge in [-0.25, -0.2) is 0 Å². The molecule has 1 aromatic heterocycles. The van der Waals surface area contributed by atoms with Crippen LogP contribution in [0.5, 0.6) is 0 Å². The van der Waals surface area contributed by atoms with E-state index < -0.39 is 5.41 Å². The Labute approximate surface area is 108 Å². The molecular formula is C15H20N2O. The Kier molecular flexibility index (Phi) is 2.93. The zero-order valence-corrected chi connectivity index (χ0v) is 11.7. The summed E-state index contributed by atoms with van der Waals surface area (Å²) in [6.45, 7) is 6.02. The van der Waals surface area contributed by atoms with Crippen LogP contribution in [0.1, 0.15) is 25.1 Å². The third-order valence-corrected chi connectivity index (χ3v) is 3.82. The summed E-state index contributed by atoms with van der Waals surface area (Å²) < 4.78 is 2.15. The first-order valence-electron chi connectivity index (χ1n) is 6.18. The van der Waals surface area contributed by atoms with E-state index in [-0.39, 0.29) is 5.91 Å². The molecule has 2 rings (SSSR count). The lowest BCUT2D eigenvalue weighted by Gasteiger charge is -2.23. The van der Waals surface area contributed by atoms with Gasteiger partial charge in [-0.15, -0.1) is 0 Å². The minimum Gasteiger partial charge on any atom is -0.358 e. The maximum atomic E-state index is 12.1. The quantitative estimate of drug-likeness (QED) is 0.865. The largest absolute Gasteiger partial charge is 0.358 e. The van der Waals surface area contributed by atoms with E-state index in [1.165, 1.54) is 5.52 Å². The van der Waals surface area contributed by atoms with E-state index in [0.29, 0.717) is 0 Å². The number of hydrogen-bond acceptors (Lipinski definition) is 1. The molecule has 0 saturated heterocycles. The average molecular weight is 244 g/mol. The zero-order chi connectivity index (χ0) is 13.5. The SMILES string of the molecule is CNC(=O)C(C)(C)c1c(C)n(C)c2ccccc12. The second kappa shape index (κ2) is 4.16. The van der Waals surface area contributed by atoms with Crippen molar-refractivity contribution in [2.75, 3.05) is 7.05 Å². The Morgan fingerprint density at radius 2 is 1.89 bits per heavy atom. The van der Waals surface area contributed by atoms with Gasteiger partial charge >= 0.3 is 0 Å². The highest BCUT2D eigenvalue weighted by atomic mass is 16.2. The van der Waals surface area contributed by atoms with Crippen molar-refractivity contribution in [1.82, 2.24) is 9.88 Å². The molecule has 3 nitrogen and oxygen atoms in total. The van der Waals surface area contributed by atoms with Gasteiger partial charge in [0.25, 0.3) is 0 Å². The molecular weight excluding hydrogens is 224 g/mol. The van der Waals surface area contributed by atoms with Crippen LogP contribution in [0.4, 0.5) is 0 Å². The van der Waals surface area contributed by atoms with Crippen LogP contribution in [0.25, 0.3) is 10.9 Å². The molecule has 0 radical (unpaired) electrons. The van der Waals surface area contributed by atoms with Gasteiger partial charge in [0.2, 0.25) is 5.91 Å². The molecule has 18 heavy (non-hydrogen) atoms. The minimum absolute atomic E-state index is 0.0435. The van der Waals surface area contributed by atoms with E-state index in [2.05, 4.69) is 28.9 Å². The van der Waals surface area contributed by atoms with Crippen LogP contribution in [0.2, 0.25) is 0 Å². The number of rotatable bonds is 2. The van der Waals surface area contributed by atoms with Crippen molar-refractivity contribution in [3.63, 3.8) is 0 Å². The van der Waals surface area contributed by atoms with Crippen LogP contribution >= 0.6 is 0 Å². The molecule has 0 spiro atoms. The van der Waals surface area contributed by atoms with Crippen molar-refractivity contribution in [3.05, 3.63) is 35.5 Å². The van der Waals surface area contributed by atoms with Crippen molar-refractivity contribution in [2.24, 2.45) is 7.05 Å². The minimum atomic E-state index is -0.528. The molecule has 0 atom stereocenters. The summed E-state index contributed by atoms with van der Waals surface area (Å²) in [4.78, 5) is 12.1. The highest BCUT2D eigenvalue weighted by molar-refractivity contribution is 5.95. The molecule has 0 unspecified atom stereocenters. The van der Waals surface area contributed by atoms with Gasteiger partial charge in [0.15, 0.2) is 0 Å². The monoisotopic (exact) mass is 244 g/mol. The normalized spacial score (nSPS) is 11.8. The molecule has 1 aromatic carbocycles. The number of fused-ring (bicyclic) bond motifs is 1. The van der Waals surface area contributed by atoms with Crippen LogP contribution in [-0.4, -0.2) is 17.5 Å². The number of likely N-dealkylation sites (N-methyl/N-ethyl adjacent to an activating group) is 1. The van der Waals surface area contributed by atoms with E-state index in [1.807, 2.05) is 33.0 Å². The van der Waals surface area contributed by atoms with Crippen LogP contribution in [0, 0.1) is 6.92 Å². The number of nitrogens with zero attached hydrogens (tertiary/aromatic N) is 1. The lowest BCUT2D eigenvalue weighted by Crippen LogP contribution is -2.38. The van der Waals surface area contributed by atoms with Gasteiger partial charge in [0, 0.05) is 30.7 Å². The fourth-order valence-electron chi connectivity index (χ4n) is 2.74. The third-order valence-electron chi connectivity index (χ3n) is 3.82. The Morgan fingerprint density at radius 1 is 1.28 bits per heavy atom. The average Bonchev–Trinajstić information content (AvgIpc) is 2.62. The maximum Gasteiger partial charge on any atom is 0.229 e. The Balaban J connectivity index is 2.79. The standard InChI is InChI=1S/C15H20N2O/c1-10-13(15(2,3)14(18)16-4)11-8-6-7-9-12(11)17(10)5/h6-9H,1-5H3,(H,16,18). The number of carbonyl (C=O) groups is 1. The number of amides is 1. The van der Waals surface area contributed by atoms with E-state index in [9.17, 15) is 4.79 Å². The van der Waals surface area contributed by atoms with Gasteiger partial charge in [-0.3, -0.25) is 4.79 Å². The number of carbonyl (C=O) groups excluding carboxylic acids is 1. The first kappa shape index (κ1) is 12.7. The molecule has 0 aliphatic rings. The second-order valence-corrected chi connectivity index (χ2v) is 5.24. The summed E-state index contributed by atoms with van der Waals surface area (Å²) >= 11 is 0. The molecule has 96 valence electrons. The van der Waals surface area contributed by atoms with E-state index in [1.54, 1.807) is 7.05 Å². The van der Waals surface area contributed by atoms with Crippen LogP contribution in [-0.2, 0) is 17.3 Å². The fourth-order valence-corrected chi connectivity index (χ4v) is 2.74. The summed E-state index contributed by atoms with van der Waals surface area (Å²) in [6.07, 6.45) is 0. The van der Waals surface area contributed by atoms with Gasteiger partial charge in [-0.05, 0) is 32.4 Å². The van der Waals surface area contributed by atoms with Gasteiger partial charge in [0.05, 0.1) is 5.41 Å². The van der Waals surface area contributed by atoms with Crippen molar-refractivity contribution in [2.45, 2.75) is 26.2 Å². The van der Waals surface area contributed by atoms with Gasteiger partial charge in [0.1, 0.15) is 0 Å². The molecule has 0 aliphatic heterocycles. The first-order valence-corrected chi connectivity index (χ1v) is 6.18. The summed E-state index contributed by atoms with van der Waals surface area (Å²) in [5.74, 6) is 0.0435. The maximum absolute atomic E-state index is 12.1. The smallest absolute Gasteiger partial charge is 0.229 e. The number of para-hydroxylation sites is 1. The van der Waals surface area contributed by atoms with Crippen molar-refractivity contribution in [1.29, 1.82) is 0 Å². The predicted octanol–water partition coefficient (Wildman–Crippen LogP) is 2.51. The number of nitrogens with one attached hydrogen (secondary N) is 1. The number of hydrogen-bond donors (Lipinski definition) is 1. The lowest BCUT2D eigenvalue weighted by molar-refractivity contribution is -0.125. The summed E-state index contributed by atoms with van der Waals surface area (Å²) in [6, 6.07) is 8.22. The van der Waals surface area contributed by atoms with Crippen LogP contribution in [0.3, 0.4) is 0 Å². The first-order chi connectivity index (χ1) is 8.41. The zero-order valence-electron chi connectivity index (χ0n) is 11.7. The van der Waals surface area contributed by atoms with Crippen molar-refractivity contribution < 1.29 is 4.79 Å². The van der Waals surface area contributed by atoms with Crippen molar-refractivity contribution in [3.8, 4) is 0 Å². The molecule has 1 heterocycles. The molecule has 2 aromatic rings.